The molecule has 2 rings (SSSR count). The van der Waals surface area contributed by atoms with Crippen LogP contribution in [0.3, 0.4) is 0 Å². The van der Waals surface area contributed by atoms with E-state index in [9.17, 15) is 12.8 Å². The molecule has 1 aromatic carbocycles. The van der Waals surface area contributed by atoms with Gasteiger partial charge in [0, 0.05) is 16.5 Å². The van der Waals surface area contributed by atoms with Crippen LogP contribution in [0.1, 0.15) is 39.7 Å². The van der Waals surface area contributed by atoms with Gasteiger partial charge in [0.05, 0.1) is 11.9 Å². The summed E-state index contributed by atoms with van der Waals surface area (Å²) < 4.78 is 51.0. The summed E-state index contributed by atoms with van der Waals surface area (Å²) in [6.45, 7) is 12.9. The van der Waals surface area contributed by atoms with Crippen molar-refractivity contribution in [2.45, 2.75) is 63.8 Å². The number of hydrogen-bond acceptors (Lipinski definition) is 4. The van der Waals surface area contributed by atoms with E-state index >= 15 is 0 Å². The Kier molecular flexibility index (Phi) is 6.16. The van der Waals surface area contributed by atoms with Crippen molar-refractivity contribution in [3.63, 3.8) is 0 Å². The van der Waals surface area contributed by atoms with Gasteiger partial charge in [-0.1, -0.05) is 43.6 Å². The quantitative estimate of drug-likeness (QED) is 0.453. The number of rotatable bonds is 5. The van der Waals surface area contributed by atoms with Crippen LogP contribution in [0.4, 0.5) is 4.39 Å². The minimum absolute atomic E-state index is 0.0648. The van der Waals surface area contributed by atoms with Crippen LogP contribution in [0.15, 0.2) is 22.7 Å². The molecule has 26 heavy (non-hydrogen) atoms. The molecule has 1 aromatic rings. The van der Waals surface area contributed by atoms with Gasteiger partial charge in [0.2, 0.25) is 0 Å². The van der Waals surface area contributed by atoms with Gasteiger partial charge in [0.15, 0.2) is 8.32 Å². The van der Waals surface area contributed by atoms with Crippen molar-refractivity contribution in [2.75, 3.05) is 12.4 Å². The maximum Gasteiger partial charge on any atom is 0.268 e. The highest BCUT2D eigenvalue weighted by molar-refractivity contribution is 9.10. The topological polar surface area (TPSA) is 52.6 Å². The third-order valence-corrected chi connectivity index (χ3v) is 12.2. The van der Waals surface area contributed by atoms with Crippen molar-refractivity contribution in [3.8, 4) is 0 Å². The van der Waals surface area contributed by atoms with E-state index in [2.05, 4.69) is 49.8 Å². The molecular formula is C18H28BrFO4SSi. The Morgan fingerprint density at radius 3 is 2.58 bits per heavy atom. The molecule has 4 nitrogen and oxygen atoms in total. The van der Waals surface area contributed by atoms with Gasteiger partial charge in [-0.15, -0.1) is 0 Å². The van der Waals surface area contributed by atoms with E-state index in [4.69, 9.17) is 8.61 Å². The second kappa shape index (κ2) is 7.27. The molecule has 1 heterocycles. The van der Waals surface area contributed by atoms with Crippen LogP contribution in [0.5, 0.6) is 0 Å². The average Bonchev–Trinajstić information content (AvgIpc) is 2.70. The first-order chi connectivity index (χ1) is 11.7. The molecule has 0 spiro atoms. The Hall–Kier alpha value is -0.283. The van der Waals surface area contributed by atoms with E-state index in [-0.39, 0.29) is 10.8 Å². The first-order valence-corrected chi connectivity index (χ1v) is 14.0. The van der Waals surface area contributed by atoms with E-state index in [1.807, 2.05) is 0 Å². The lowest BCUT2D eigenvalue weighted by atomic mass is 9.78. The number of hydrogen-bond donors (Lipinski definition) is 0. The summed E-state index contributed by atoms with van der Waals surface area (Å²) in [6, 6.07) is 4.59. The van der Waals surface area contributed by atoms with Crippen LogP contribution in [0.2, 0.25) is 18.1 Å². The Bertz CT molecular complexity index is 776. The summed E-state index contributed by atoms with van der Waals surface area (Å²) in [7, 11) is -5.65. The summed E-state index contributed by atoms with van der Waals surface area (Å²) >= 11 is 3.34. The fourth-order valence-corrected chi connectivity index (χ4v) is 6.20. The first kappa shape index (κ1) is 22.0. The molecule has 1 aliphatic heterocycles. The number of halogens is 2. The van der Waals surface area contributed by atoms with Crippen LogP contribution in [-0.4, -0.2) is 35.2 Å². The predicted octanol–water partition coefficient (Wildman–Crippen LogP) is 4.99. The number of benzene rings is 1. The monoisotopic (exact) mass is 466 g/mol. The molecule has 2 atom stereocenters. The molecule has 8 heteroatoms. The lowest BCUT2D eigenvalue weighted by Gasteiger charge is -2.37. The van der Waals surface area contributed by atoms with Gasteiger partial charge in [-0.25, -0.2) is 4.39 Å². The minimum Gasteiger partial charge on any atom is -0.417 e. The molecule has 1 fully saturated rings. The Morgan fingerprint density at radius 1 is 1.38 bits per heavy atom. The standard InChI is InChI=1S/C18H28BrFO4SSi/c1-17(2,3)26(5,6)23-10-9-16-18(4,12-25(21,22)24-16)14-11-13(19)7-8-15(14)20/h7-8,11,16H,9-10,12H2,1-6H3/t16?,18-/m1/s1. The molecule has 1 saturated heterocycles. The van der Waals surface area contributed by atoms with Crippen molar-refractivity contribution in [2.24, 2.45) is 0 Å². The maximum atomic E-state index is 14.5. The van der Waals surface area contributed by atoms with Gasteiger partial charge in [0.25, 0.3) is 10.1 Å². The van der Waals surface area contributed by atoms with Crippen LogP contribution in [-0.2, 0) is 24.1 Å². The second-order valence-electron chi connectivity index (χ2n) is 8.73. The van der Waals surface area contributed by atoms with E-state index in [1.54, 1.807) is 19.1 Å². The van der Waals surface area contributed by atoms with Crippen molar-refractivity contribution in [1.29, 1.82) is 0 Å². The van der Waals surface area contributed by atoms with Gasteiger partial charge in [-0.2, -0.15) is 8.42 Å². The van der Waals surface area contributed by atoms with E-state index < -0.39 is 35.8 Å². The fourth-order valence-electron chi connectivity index (χ4n) is 2.97. The lowest BCUT2D eigenvalue weighted by molar-refractivity contribution is 0.130. The molecule has 0 amide bonds. The molecule has 0 radical (unpaired) electrons. The molecule has 1 aliphatic rings. The average molecular weight is 467 g/mol. The largest absolute Gasteiger partial charge is 0.417 e. The smallest absolute Gasteiger partial charge is 0.268 e. The summed E-state index contributed by atoms with van der Waals surface area (Å²) in [4.78, 5) is 0. The molecule has 0 bridgehead atoms. The van der Waals surface area contributed by atoms with E-state index in [1.165, 1.54) is 6.07 Å². The van der Waals surface area contributed by atoms with Gasteiger partial charge in [0.1, 0.15) is 5.82 Å². The normalized spacial score (nSPS) is 26.2. The van der Waals surface area contributed by atoms with Crippen molar-refractivity contribution < 1.29 is 21.4 Å². The Balaban J connectivity index is 2.24. The van der Waals surface area contributed by atoms with Crippen LogP contribution in [0, 0.1) is 5.82 Å². The fraction of sp³-hybridized carbons (Fsp3) is 0.667. The summed E-state index contributed by atoms with van der Waals surface area (Å²) in [6.07, 6.45) is -0.255. The summed E-state index contributed by atoms with van der Waals surface area (Å²) in [5, 5.41) is 0.0648. The zero-order valence-electron chi connectivity index (χ0n) is 16.2. The Morgan fingerprint density at radius 2 is 2.00 bits per heavy atom. The predicted molar refractivity (Wildman–Crippen MR) is 108 cm³/mol. The SMILES string of the molecule is CC(C)(C)[Si](C)(C)OCCC1OS(=O)(=O)C[C@]1(C)c1cc(Br)ccc1F. The highest BCUT2D eigenvalue weighted by Crippen LogP contribution is 2.42. The maximum absolute atomic E-state index is 14.5. The zero-order chi connectivity index (χ0) is 20.0. The van der Waals surface area contributed by atoms with Crippen LogP contribution < -0.4 is 0 Å². The van der Waals surface area contributed by atoms with Gasteiger partial charge >= 0.3 is 0 Å². The Labute approximate surface area is 165 Å². The molecule has 0 N–H and O–H groups in total. The molecular weight excluding hydrogens is 439 g/mol. The first-order valence-electron chi connectivity index (χ1n) is 8.68. The van der Waals surface area contributed by atoms with Crippen LogP contribution >= 0.6 is 15.9 Å². The highest BCUT2D eigenvalue weighted by atomic mass is 79.9. The lowest BCUT2D eigenvalue weighted by Crippen LogP contribution is -2.42. The van der Waals surface area contributed by atoms with Crippen molar-refractivity contribution in [3.05, 3.63) is 34.1 Å². The third-order valence-electron chi connectivity index (χ3n) is 5.64. The summed E-state index contributed by atoms with van der Waals surface area (Å²) in [5.74, 6) is -0.662. The molecule has 0 aliphatic carbocycles. The van der Waals surface area contributed by atoms with Gasteiger partial charge < -0.3 is 4.43 Å². The summed E-state index contributed by atoms with van der Waals surface area (Å²) in [5.41, 5.74) is -0.603. The van der Waals surface area contributed by atoms with Crippen molar-refractivity contribution in [1.82, 2.24) is 0 Å². The molecule has 0 saturated carbocycles. The van der Waals surface area contributed by atoms with Crippen molar-refractivity contribution >= 4 is 34.4 Å². The molecule has 1 unspecified atom stereocenters. The second-order valence-corrected chi connectivity index (χ2v) is 16.0. The van der Waals surface area contributed by atoms with E-state index in [0.717, 1.165) is 0 Å². The van der Waals surface area contributed by atoms with Crippen LogP contribution in [0.25, 0.3) is 0 Å². The van der Waals surface area contributed by atoms with Gasteiger partial charge in [-0.05, 0) is 48.3 Å². The van der Waals surface area contributed by atoms with Gasteiger partial charge in [-0.3, -0.25) is 4.18 Å². The molecule has 148 valence electrons. The zero-order valence-corrected chi connectivity index (χ0v) is 19.6. The molecule has 0 aromatic heterocycles. The third kappa shape index (κ3) is 4.58. The van der Waals surface area contributed by atoms with E-state index in [0.29, 0.717) is 23.1 Å². The minimum atomic E-state index is -3.70. The highest BCUT2D eigenvalue weighted by Gasteiger charge is 2.50.